The minimum absolute atomic E-state index is 0.335. The molecule has 0 bridgehead atoms. The molecule has 7 heteroatoms. The summed E-state index contributed by atoms with van der Waals surface area (Å²) < 4.78 is 57.0. The zero-order valence-electron chi connectivity index (χ0n) is 13.5. The SMILES string of the molecule is CN1CC(F)(F)C(NS)C1Cc1cccc(-c2ccc(F)c(F)c2)c1. The van der Waals surface area contributed by atoms with E-state index < -0.39 is 29.6 Å². The summed E-state index contributed by atoms with van der Waals surface area (Å²) in [6.07, 6.45) is 0.391. The molecule has 1 heterocycles. The average Bonchev–Trinajstić information content (AvgIpc) is 2.78. The van der Waals surface area contributed by atoms with Gasteiger partial charge in [-0.25, -0.2) is 17.6 Å². The second kappa shape index (κ2) is 6.97. The summed E-state index contributed by atoms with van der Waals surface area (Å²) in [5.41, 5.74) is 2.08. The molecule has 0 radical (unpaired) electrons. The van der Waals surface area contributed by atoms with E-state index in [1.807, 2.05) is 12.1 Å². The number of halogens is 4. The maximum atomic E-state index is 14.0. The van der Waals surface area contributed by atoms with Gasteiger partial charge in [0.15, 0.2) is 11.6 Å². The number of alkyl halides is 2. The molecular weight excluding hydrogens is 352 g/mol. The number of hydrogen-bond donors (Lipinski definition) is 2. The number of benzene rings is 2. The Kier molecular flexibility index (Phi) is 5.09. The summed E-state index contributed by atoms with van der Waals surface area (Å²) in [6, 6.07) is 9.41. The van der Waals surface area contributed by atoms with Gasteiger partial charge < -0.3 is 0 Å². The van der Waals surface area contributed by atoms with E-state index in [1.54, 1.807) is 24.1 Å². The van der Waals surface area contributed by atoms with E-state index in [1.165, 1.54) is 6.07 Å². The van der Waals surface area contributed by atoms with Crippen molar-refractivity contribution in [3.8, 4) is 11.1 Å². The first-order valence-corrected chi connectivity index (χ1v) is 8.28. The van der Waals surface area contributed by atoms with Gasteiger partial charge in [0.25, 0.3) is 5.92 Å². The van der Waals surface area contributed by atoms with Crippen LogP contribution >= 0.6 is 12.8 Å². The Morgan fingerprint density at radius 3 is 2.52 bits per heavy atom. The fourth-order valence-electron chi connectivity index (χ4n) is 3.33. The van der Waals surface area contributed by atoms with Crippen LogP contribution in [0.25, 0.3) is 11.1 Å². The topological polar surface area (TPSA) is 15.3 Å². The zero-order chi connectivity index (χ0) is 18.2. The maximum Gasteiger partial charge on any atom is 0.277 e. The van der Waals surface area contributed by atoms with Gasteiger partial charge >= 0.3 is 0 Å². The molecule has 1 saturated heterocycles. The summed E-state index contributed by atoms with van der Waals surface area (Å²) >= 11 is 3.86. The molecule has 2 unspecified atom stereocenters. The van der Waals surface area contributed by atoms with Crippen molar-refractivity contribution in [2.45, 2.75) is 24.4 Å². The molecule has 2 aromatic carbocycles. The van der Waals surface area contributed by atoms with Gasteiger partial charge in [0, 0.05) is 6.04 Å². The van der Waals surface area contributed by atoms with E-state index in [9.17, 15) is 17.6 Å². The van der Waals surface area contributed by atoms with Crippen molar-refractivity contribution in [2.75, 3.05) is 13.6 Å². The molecule has 25 heavy (non-hydrogen) atoms. The highest BCUT2D eigenvalue weighted by atomic mass is 32.1. The van der Waals surface area contributed by atoms with Crippen molar-refractivity contribution in [3.05, 3.63) is 59.7 Å². The number of likely N-dealkylation sites (tertiary alicyclic amines) is 1. The first-order chi connectivity index (χ1) is 11.8. The molecule has 2 atom stereocenters. The van der Waals surface area contributed by atoms with Gasteiger partial charge in [-0.3, -0.25) is 9.62 Å². The van der Waals surface area contributed by atoms with Crippen LogP contribution in [0, 0.1) is 11.6 Å². The van der Waals surface area contributed by atoms with E-state index in [0.29, 0.717) is 17.5 Å². The summed E-state index contributed by atoms with van der Waals surface area (Å²) in [4.78, 5) is 1.61. The number of hydrogen-bond acceptors (Lipinski definition) is 3. The van der Waals surface area contributed by atoms with Gasteiger partial charge in [-0.05, 0) is 42.3 Å². The Bertz CT molecular complexity index is 768. The number of thiol groups is 1. The maximum absolute atomic E-state index is 14.0. The molecule has 1 aliphatic heterocycles. The van der Waals surface area contributed by atoms with Gasteiger partial charge in [-0.1, -0.05) is 43.1 Å². The second-order valence-corrected chi connectivity index (χ2v) is 6.64. The van der Waals surface area contributed by atoms with E-state index in [-0.39, 0.29) is 6.54 Å². The molecule has 0 aliphatic carbocycles. The van der Waals surface area contributed by atoms with Crippen LogP contribution in [0.5, 0.6) is 0 Å². The Morgan fingerprint density at radius 2 is 1.84 bits per heavy atom. The molecule has 1 N–H and O–H groups in total. The van der Waals surface area contributed by atoms with Crippen LogP contribution in [0.4, 0.5) is 17.6 Å². The van der Waals surface area contributed by atoms with Crippen LogP contribution in [-0.2, 0) is 6.42 Å². The normalized spacial score (nSPS) is 23.1. The Balaban J connectivity index is 1.86. The first kappa shape index (κ1) is 18.2. The summed E-state index contributed by atoms with van der Waals surface area (Å²) in [7, 11) is 1.66. The predicted octanol–water partition coefficient (Wildman–Crippen LogP) is 3.93. The Morgan fingerprint density at radius 1 is 1.12 bits per heavy atom. The largest absolute Gasteiger partial charge is 0.295 e. The van der Waals surface area contributed by atoms with Gasteiger partial charge in [-0.2, -0.15) is 0 Å². The molecule has 3 rings (SSSR count). The minimum atomic E-state index is -2.86. The third-order valence-electron chi connectivity index (χ3n) is 4.63. The fourth-order valence-corrected chi connectivity index (χ4v) is 3.69. The van der Waals surface area contributed by atoms with Gasteiger partial charge in [-0.15, -0.1) is 0 Å². The van der Waals surface area contributed by atoms with Crippen LogP contribution in [0.1, 0.15) is 5.56 Å². The van der Waals surface area contributed by atoms with Crippen molar-refractivity contribution in [2.24, 2.45) is 0 Å². The highest BCUT2D eigenvalue weighted by Crippen LogP contribution is 2.34. The lowest BCUT2D eigenvalue weighted by Crippen LogP contribution is -2.45. The molecular formula is C18H18F4N2S. The molecule has 1 fully saturated rings. The zero-order valence-corrected chi connectivity index (χ0v) is 14.4. The Hall–Kier alpha value is -1.57. The molecule has 1 aliphatic rings. The monoisotopic (exact) mass is 370 g/mol. The lowest BCUT2D eigenvalue weighted by molar-refractivity contribution is -0.00408. The van der Waals surface area contributed by atoms with Crippen LogP contribution in [-0.4, -0.2) is 36.5 Å². The minimum Gasteiger partial charge on any atom is -0.295 e. The lowest BCUT2D eigenvalue weighted by atomic mass is 9.96. The van der Waals surface area contributed by atoms with Crippen molar-refractivity contribution < 1.29 is 17.6 Å². The quantitative estimate of drug-likeness (QED) is 0.626. The number of nitrogens with zero attached hydrogens (tertiary/aromatic N) is 1. The van der Waals surface area contributed by atoms with Crippen molar-refractivity contribution in [3.63, 3.8) is 0 Å². The fraction of sp³-hybridized carbons (Fsp3) is 0.333. The van der Waals surface area contributed by atoms with Crippen LogP contribution < -0.4 is 4.72 Å². The van der Waals surface area contributed by atoms with Crippen molar-refractivity contribution >= 4 is 12.8 Å². The lowest BCUT2D eigenvalue weighted by Gasteiger charge is -2.25. The third-order valence-corrected chi connectivity index (χ3v) is 4.91. The highest BCUT2D eigenvalue weighted by Gasteiger charge is 2.52. The molecule has 0 amide bonds. The van der Waals surface area contributed by atoms with Gasteiger partial charge in [0.2, 0.25) is 0 Å². The van der Waals surface area contributed by atoms with E-state index in [0.717, 1.165) is 17.7 Å². The van der Waals surface area contributed by atoms with Crippen molar-refractivity contribution in [1.29, 1.82) is 0 Å². The summed E-state index contributed by atoms with van der Waals surface area (Å²) in [5, 5.41) is 0. The Labute approximate surface area is 149 Å². The highest BCUT2D eigenvalue weighted by molar-refractivity contribution is 7.78. The van der Waals surface area contributed by atoms with E-state index in [2.05, 4.69) is 17.5 Å². The first-order valence-electron chi connectivity index (χ1n) is 7.84. The molecule has 2 aromatic rings. The number of nitrogens with one attached hydrogen (secondary N) is 1. The third kappa shape index (κ3) is 3.68. The number of likely N-dealkylation sites (N-methyl/N-ethyl adjacent to an activating group) is 1. The van der Waals surface area contributed by atoms with Gasteiger partial charge in [0.1, 0.15) is 0 Å². The molecule has 134 valence electrons. The van der Waals surface area contributed by atoms with Crippen LogP contribution in [0.2, 0.25) is 0 Å². The summed E-state index contributed by atoms with van der Waals surface area (Å²) in [5.74, 6) is -4.69. The van der Waals surface area contributed by atoms with Crippen LogP contribution in [0.3, 0.4) is 0 Å². The average molecular weight is 370 g/mol. The molecule has 0 spiro atoms. The summed E-state index contributed by atoms with van der Waals surface area (Å²) in [6.45, 7) is -0.335. The van der Waals surface area contributed by atoms with Crippen molar-refractivity contribution in [1.82, 2.24) is 9.62 Å². The standard InChI is InChI=1S/C18H18F4N2S/c1-24-10-18(21,22)17(23-25)16(24)8-11-3-2-4-12(7-11)13-5-6-14(19)15(20)9-13/h2-7,9,16-17,23,25H,8,10H2,1H3. The van der Waals surface area contributed by atoms with Crippen LogP contribution in [0.15, 0.2) is 42.5 Å². The number of rotatable bonds is 4. The van der Waals surface area contributed by atoms with E-state index in [4.69, 9.17) is 0 Å². The van der Waals surface area contributed by atoms with Gasteiger partial charge in [0.05, 0.1) is 12.6 Å². The molecule has 0 saturated carbocycles. The molecule has 0 aromatic heterocycles. The smallest absolute Gasteiger partial charge is 0.277 e. The second-order valence-electron chi connectivity index (χ2n) is 6.38. The predicted molar refractivity (Wildman–Crippen MR) is 92.8 cm³/mol. The molecule has 2 nitrogen and oxygen atoms in total. The van der Waals surface area contributed by atoms with E-state index >= 15 is 0 Å².